The number of carbonyl (C=O) groups is 1. The van der Waals surface area contributed by atoms with E-state index in [-0.39, 0.29) is 5.91 Å². The van der Waals surface area contributed by atoms with Crippen LogP contribution in [0.15, 0.2) is 23.1 Å². The molecule has 0 radical (unpaired) electrons. The van der Waals surface area contributed by atoms with E-state index in [1.807, 2.05) is 29.4 Å². The molecular formula is C17H25NO2S. The highest BCUT2D eigenvalue weighted by atomic mass is 32.2. The fourth-order valence-corrected chi connectivity index (χ4v) is 3.52. The van der Waals surface area contributed by atoms with Gasteiger partial charge in [-0.3, -0.25) is 4.79 Å². The monoisotopic (exact) mass is 307 g/mol. The molecule has 1 aliphatic carbocycles. The molecule has 116 valence electrons. The van der Waals surface area contributed by atoms with E-state index in [0.717, 1.165) is 24.3 Å². The van der Waals surface area contributed by atoms with Gasteiger partial charge in [0.25, 0.3) is 5.91 Å². The van der Waals surface area contributed by atoms with Crippen molar-refractivity contribution < 1.29 is 9.53 Å². The summed E-state index contributed by atoms with van der Waals surface area (Å²) in [5.41, 5.74) is 0.683. The summed E-state index contributed by atoms with van der Waals surface area (Å²) in [4.78, 5) is 16.0. The molecule has 1 aromatic rings. The molecule has 4 heteroatoms. The van der Waals surface area contributed by atoms with Gasteiger partial charge >= 0.3 is 0 Å². The molecule has 0 aliphatic heterocycles. The van der Waals surface area contributed by atoms with E-state index in [2.05, 4.69) is 6.92 Å². The summed E-state index contributed by atoms with van der Waals surface area (Å²) in [5.74, 6) is 0.787. The molecule has 1 saturated carbocycles. The molecular weight excluding hydrogens is 282 g/mol. The summed E-state index contributed by atoms with van der Waals surface area (Å²) in [7, 11) is 1.63. The van der Waals surface area contributed by atoms with E-state index < -0.39 is 0 Å². The molecule has 0 N–H and O–H groups in total. The van der Waals surface area contributed by atoms with E-state index in [1.54, 1.807) is 18.9 Å². The highest BCUT2D eigenvalue weighted by molar-refractivity contribution is 7.98. The van der Waals surface area contributed by atoms with Gasteiger partial charge in [-0.05, 0) is 44.2 Å². The first-order valence-corrected chi connectivity index (χ1v) is 8.96. The van der Waals surface area contributed by atoms with Crippen molar-refractivity contribution in [2.75, 3.05) is 19.9 Å². The molecule has 3 nitrogen and oxygen atoms in total. The molecule has 0 atom stereocenters. The lowest BCUT2D eigenvalue weighted by molar-refractivity contribution is 0.0644. The number of rotatable bonds is 5. The van der Waals surface area contributed by atoms with Crippen molar-refractivity contribution in [1.82, 2.24) is 4.90 Å². The summed E-state index contributed by atoms with van der Waals surface area (Å²) in [6.07, 6.45) is 8.05. The molecule has 0 spiro atoms. The Kier molecular flexibility index (Phi) is 5.97. The van der Waals surface area contributed by atoms with Crippen LogP contribution in [0.3, 0.4) is 0 Å². The highest BCUT2D eigenvalue weighted by Crippen LogP contribution is 2.29. The molecule has 0 heterocycles. The first-order valence-electron chi connectivity index (χ1n) is 7.74. The third-order valence-electron chi connectivity index (χ3n) is 4.26. The second-order valence-corrected chi connectivity index (χ2v) is 6.33. The molecule has 1 aromatic carbocycles. The molecule has 2 rings (SSSR count). The minimum atomic E-state index is 0.105. The molecule has 1 aliphatic rings. The number of benzene rings is 1. The topological polar surface area (TPSA) is 29.5 Å². The number of amides is 1. The second kappa shape index (κ2) is 7.74. The molecule has 1 fully saturated rings. The molecule has 21 heavy (non-hydrogen) atoms. The van der Waals surface area contributed by atoms with Crippen LogP contribution in [0.2, 0.25) is 0 Å². The maximum absolute atomic E-state index is 12.9. The predicted octanol–water partition coefficient (Wildman–Crippen LogP) is 4.21. The molecule has 1 amide bonds. The van der Waals surface area contributed by atoms with Gasteiger partial charge < -0.3 is 9.64 Å². The van der Waals surface area contributed by atoms with Crippen molar-refractivity contribution in [3.63, 3.8) is 0 Å². The van der Waals surface area contributed by atoms with E-state index in [1.165, 1.54) is 19.3 Å². The lowest BCUT2D eigenvalue weighted by Crippen LogP contribution is -2.41. The Labute approximate surface area is 132 Å². The normalized spacial score (nSPS) is 15.8. The van der Waals surface area contributed by atoms with Crippen LogP contribution in [-0.4, -0.2) is 36.8 Å². The van der Waals surface area contributed by atoms with Crippen molar-refractivity contribution in [2.24, 2.45) is 0 Å². The number of nitrogens with zero attached hydrogens (tertiary/aromatic N) is 1. The predicted molar refractivity (Wildman–Crippen MR) is 88.4 cm³/mol. The van der Waals surface area contributed by atoms with E-state index in [9.17, 15) is 4.79 Å². The quantitative estimate of drug-likeness (QED) is 0.763. The Bertz CT molecular complexity index is 484. The maximum Gasteiger partial charge on any atom is 0.257 e. The van der Waals surface area contributed by atoms with E-state index in [4.69, 9.17) is 4.74 Å². The fraction of sp³-hybridized carbons (Fsp3) is 0.588. The third kappa shape index (κ3) is 3.73. The number of hydrogen-bond donors (Lipinski definition) is 0. The summed E-state index contributed by atoms with van der Waals surface area (Å²) >= 11 is 1.66. The molecule has 0 saturated heterocycles. The van der Waals surface area contributed by atoms with Crippen LogP contribution in [0.5, 0.6) is 5.75 Å². The van der Waals surface area contributed by atoms with Gasteiger partial charge in [-0.1, -0.05) is 19.3 Å². The summed E-state index contributed by atoms with van der Waals surface area (Å²) in [6.45, 7) is 2.83. The lowest BCUT2D eigenvalue weighted by Gasteiger charge is -2.34. The van der Waals surface area contributed by atoms with Gasteiger partial charge in [-0.25, -0.2) is 0 Å². The van der Waals surface area contributed by atoms with Crippen molar-refractivity contribution in [1.29, 1.82) is 0 Å². The van der Waals surface area contributed by atoms with Crippen molar-refractivity contribution in [3.8, 4) is 5.75 Å². The Morgan fingerprint density at radius 1 is 1.33 bits per heavy atom. The standard InChI is InChI=1S/C17H25NO2S/c1-4-18(13-8-6-5-7-9-13)17(19)15-11-10-14(21-3)12-16(15)20-2/h10-13H,4-9H2,1-3H3. The van der Waals surface area contributed by atoms with Crippen LogP contribution in [0.4, 0.5) is 0 Å². The van der Waals surface area contributed by atoms with Crippen LogP contribution >= 0.6 is 11.8 Å². The van der Waals surface area contributed by atoms with Crippen LogP contribution < -0.4 is 4.74 Å². The third-order valence-corrected chi connectivity index (χ3v) is 4.98. The van der Waals surface area contributed by atoms with Gasteiger partial charge in [-0.15, -0.1) is 11.8 Å². The van der Waals surface area contributed by atoms with E-state index >= 15 is 0 Å². The number of hydrogen-bond acceptors (Lipinski definition) is 3. The van der Waals surface area contributed by atoms with Crippen molar-refractivity contribution in [2.45, 2.75) is 50.0 Å². The van der Waals surface area contributed by atoms with Crippen LogP contribution in [0, 0.1) is 0 Å². The number of carbonyl (C=O) groups excluding carboxylic acids is 1. The van der Waals surface area contributed by atoms with Crippen LogP contribution in [-0.2, 0) is 0 Å². The maximum atomic E-state index is 12.9. The number of methoxy groups -OCH3 is 1. The molecule has 0 bridgehead atoms. The average molecular weight is 307 g/mol. The zero-order chi connectivity index (χ0) is 15.2. The summed E-state index contributed by atoms with van der Waals surface area (Å²) in [5, 5.41) is 0. The minimum absolute atomic E-state index is 0.105. The molecule has 0 unspecified atom stereocenters. The Balaban J connectivity index is 2.24. The number of ether oxygens (including phenoxy) is 1. The smallest absolute Gasteiger partial charge is 0.257 e. The zero-order valence-electron chi connectivity index (χ0n) is 13.2. The summed E-state index contributed by atoms with van der Waals surface area (Å²) < 4.78 is 5.43. The highest BCUT2D eigenvalue weighted by Gasteiger charge is 2.26. The zero-order valence-corrected chi connectivity index (χ0v) is 14.0. The van der Waals surface area contributed by atoms with Crippen LogP contribution in [0.25, 0.3) is 0 Å². The number of thioether (sulfide) groups is 1. The Hall–Kier alpha value is -1.16. The van der Waals surface area contributed by atoms with Crippen molar-refractivity contribution in [3.05, 3.63) is 23.8 Å². The summed E-state index contributed by atoms with van der Waals surface area (Å²) in [6, 6.07) is 6.24. The molecule has 0 aromatic heterocycles. The first kappa shape index (κ1) is 16.2. The van der Waals surface area contributed by atoms with Crippen LogP contribution in [0.1, 0.15) is 49.4 Å². The van der Waals surface area contributed by atoms with Gasteiger partial charge in [0.15, 0.2) is 0 Å². The SMILES string of the molecule is CCN(C(=O)c1ccc(SC)cc1OC)C1CCCCC1. The van der Waals surface area contributed by atoms with Crippen molar-refractivity contribution >= 4 is 17.7 Å². The largest absolute Gasteiger partial charge is 0.496 e. The van der Waals surface area contributed by atoms with E-state index in [0.29, 0.717) is 17.4 Å². The Morgan fingerprint density at radius 2 is 2.05 bits per heavy atom. The first-order chi connectivity index (χ1) is 10.2. The van der Waals surface area contributed by atoms with Gasteiger partial charge in [0.05, 0.1) is 12.7 Å². The van der Waals surface area contributed by atoms with Gasteiger partial charge in [0, 0.05) is 17.5 Å². The Morgan fingerprint density at radius 3 is 2.62 bits per heavy atom. The fourth-order valence-electron chi connectivity index (χ4n) is 3.09. The average Bonchev–Trinajstić information content (AvgIpc) is 2.55. The van der Waals surface area contributed by atoms with Gasteiger partial charge in [0.2, 0.25) is 0 Å². The van der Waals surface area contributed by atoms with Gasteiger partial charge in [0.1, 0.15) is 5.75 Å². The minimum Gasteiger partial charge on any atom is -0.496 e. The lowest BCUT2D eigenvalue weighted by atomic mass is 9.93. The second-order valence-electron chi connectivity index (χ2n) is 5.45. The van der Waals surface area contributed by atoms with Gasteiger partial charge in [-0.2, -0.15) is 0 Å².